The van der Waals surface area contributed by atoms with Crippen LogP contribution in [0.5, 0.6) is 0 Å². The van der Waals surface area contributed by atoms with Crippen LogP contribution in [0.2, 0.25) is 0 Å². The van der Waals surface area contributed by atoms with E-state index in [4.69, 9.17) is 14.2 Å². The number of esters is 1. The Morgan fingerprint density at radius 3 is 2.44 bits per heavy atom. The van der Waals surface area contributed by atoms with E-state index in [2.05, 4.69) is 6.58 Å². The van der Waals surface area contributed by atoms with Crippen molar-refractivity contribution in [1.29, 1.82) is 0 Å². The average Bonchev–Trinajstić information content (AvgIpc) is 2.66. The molecule has 0 saturated carbocycles. The number of rotatable bonds is 4. The standard InChI is InChI=1S/C21H22O4/c1-2-17-13-23-14-18-10-6-7-11-19(18)15-25-21(22)20(17)24-12-16-8-4-3-5-9-16/h2-11,17,20H,1,12-15H2/t17-,20-/m1/s1. The van der Waals surface area contributed by atoms with Crippen molar-refractivity contribution in [3.05, 3.63) is 83.9 Å². The summed E-state index contributed by atoms with van der Waals surface area (Å²) in [5, 5.41) is 0. The van der Waals surface area contributed by atoms with Crippen LogP contribution in [0.4, 0.5) is 0 Å². The zero-order valence-corrected chi connectivity index (χ0v) is 14.1. The highest BCUT2D eigenvalue weighted by Crippen LogP contribution is 2.20. The number of carbonyl (C=O) groups excluding carboxylic acids is 1. The van der Waals surface area contributed by atoms with Gasteiger partial charge in [0.05, 0.1) is 19.8 Å². The fourth-order valence-corrected chi connectivity index (χ4v) is 2.78. The van der Waals surface area contributed by atoms with Crippen LogP contribution < -0.4 is 0 Å². The fourth-order valence-electron chi connectivity index (χ4n) is 2.78. The lowest BCUT2D eigenvalue weighted by molar-refractivity contribution is -0.164. The summed E-state index contributed by atoms with van der Waals surface area (Å²) in [6.07, 6.45) is 0.965. The fraction of sp³-hybridized carbons (Fsp3) is 0.286. The highest BCUT2D eigenvalue weighted by atomic mass is 16.6. The van der Waals surface area contributed by atoms with E-state index in [-0.39, 0.29) is 18.5 Å². The van der Waals surface area contributed by atoms with E-state index in [1.807, 2.05) is 54.6 Å². The van der Waals surface area contributed by atoms with Crippen molar-refractivity contribution in [2.75, 3.05) is 6.61 Å². The molecular weight excluding hydrogens is 316 g/mol. The van der Waals surface area contributed by atoms with Crippen molar-refractivity contribution < 1.29 is 19.0 Å². The van der Waals surface area contributed by atoms with Crippen molar-refractivity contribution in [1.82, 2.24) is 0 Å². The number of cyclic esters (lactones) is 1. The van der Waals surface area contributed by atoms with Crippen molar-refractivity contribution in [3.63, 3.8) is 0 Å². The average molecular weight is 338 g/mol. The summed E-state index contributed by atoms with van der Waals surface area (Å²) < 4.78 is 17.2. The van der Waals surface area contributed by atoms with Crippen molar-refractivity contribution >= 4 is 5.97 Å². The first-order valence-corrected chi connectivity index (χ1v) is 8.37. The third kappa shape index (κ3) is 4.56. The van der Waals surface area contributed by atoms with Gasteiger partial charge in [-0.1, -0.05) is 60.7 Å². The Labute approximate surface area is 148 Å². The third-order valence-corrected chi connectivity index (χ3v) is 4.25. The predicted octanol–water partition coefficient (Wildman–Crippen LogP) is 3.65. The molecular formula is C21H22O4. The van der Waals surface area contributed by atoms with Crippen LogP contribution in [0, 0.1) is 5.92 Å². The first-order chi connectivity index (χ1) is 12.3. The van der Waals surface area contributed by atoms with E-state index in [0.29, 0.717) is 19.8 Å². The third-order valence-electron chi connectivity index (χ3n) is 4.25. The number of ether oxygens (including phenoxy) is 3. The summed E-state index contributed by atoms with van der Waals surface area (Å²) in [4.78, 5) is 12.6. The minimum absolute atomic E-state index is 0.216. The van der Waals surface area contributed by atoms with E-state index in [0.717, 1.165) is 16.7 Å². The highest BCUT2D eigenvalue weighted by molar-refractivity contribution is 5.75. The van der Waals surface area contributed by atoms with Crippen molar-refractivity contribution in [2.45, 2.75) is 25.9 Å². The Kier molecular flexibility index (Phi) is 5.99. The van der Waals surface area contributed by atoms with Crippen LogP contribution in [-0.2, 0) is 38.8 Å². The van der Waals surface area contributed by atoms with Crippen molar-refractivity contribution in [2.24, 2.45) is 5.92 Å². The molecule has 2 aromatic carbocycles. The van der Waals surface area contributed by atoms with Gasteiger partial charge in [-0.3, -0.25) is 0 Å². The maximum atomic E-state index is 12.6. The summed E-state index contributed by atoms with van der Waals surface area (Å²) in [5.74, 6) is -0.650. The van der Waals surface area contributed by atoms with Gasteiger partial charge in [0.2, 0.25) is 0 Å². The zero-order chi connectivity index (χ0) is 17.5. The molecule has 0 radical (unpaired) electrons. The van der Waals surface area contributed by atoms with Gasteiger partial charge in [-0.05, 0) is 16.7 Å². The van der Waals surface area contributed by atoms with E-state index in [1.54, 1.807) is 6.08 Å². The van der Waals surface area contributed by atoms with Gasteiger partial charge in [0, 0.05) is 5.92 Å². The molecule has 1 aliphatic rings. The lowest BCUT2D eigenvalue weighted by atomic mass is 10.0. The zero-order valence-electron chi connectivity index (χ0n) is 14.1. The summed E-state index contributed by atoms with van der Waals surface area (Å²) in [5.41, 5.74) is 2.98. The largest absolute Gasteiger partial charge is 0.459 e. The molecule has 0 N–H and O–H groups in total. The molecule has 3 rings (SSSR count). The maximum absolute atomic E-state index is 12.6. The summed E-state index contributed by atoms with van der Waals surface area (Å²) in [6.45, 7) is 5.21. The van der Waals surface area contributed by atoms with Crippen molar-refractivity contribution in [3.8, 4) is 0 Å². The Hall–Kier alpha value is -2.43. The predicted molar refractivity (Wildman–Crippen MR) is 94.6 cm³/mol. The van der Waals surface area contributed by atoms with Gasteiger partial charge in [-0.25, -0.2) is 4.79 Å². The number of benzene rings is 2. The molecule has 4 heteroatoms. The Morgan fingerprint density at radius 1 is 1.04 bits per heavy atom. The molecule has 2 aromatic rings. The highest BCUT2D eigenvalue weighted by Gasteiger charge is 2.30. The lowest BCUT2D eigenvalue weighted by Crippen LogP contribution is -2.36. The Bertz CT molecular complexity index is 711. The molecule has 0 spiro atoms. The quantitative estimate of drug-likeness (QED) is 0.630. The number of carbonyl (C=O) groups is 1. The van der Waals surface area contributed by atoms with Crippen LogP contribution in [0.25, 0.3) is 0 Å². The first-order valence-electron chi connectivity index (χ1n) is 8.37. The molecule has 0 aliphatic carbocycles. The molecule has 0 fully saturated rings. The maximum Gasteiger partial charge on any atom is 0.336 e. The summed E-state index contributed by atoms with van der Waals surface area (Å²) in [6, 6.07) is 17.5. The Balaban J connectivity index is 1.74. The molecule has 2 atom stereocenters. The molecule has 25 heavy (non-hydrogen) atoms. The van der Waals surface area contributed by atoms with E-state index in [9.17, 15) is 4.79 Å². The minimum Gasteiger partial charge on any atom is -0.459 e. The second-order valence-corrected chi connectivity index (χ2v) is 6.01. The molecule has 4 nitrogen and oxygen atoms in total. The van der Waals surface area contributed by atoms with Gasteiger partial charge in [-0.15, -0.1) is 6.58 Å². The molecule has 0 unspecified atom stereocenters. The van der Waals surface area contributed by atoms with Gasteiger partial charge in [0.25, 0.3) is 0 Å². The SMILES string of the molecule is C=C[C@@H]1COCc2ccccc2COC(=O)[C@@H]1OCc1ccccc1. The van der Waals surface area contributed by atoms with Crippen LogP contribution in [-0.4, -0.2) is 18.7 Å². The second-order valence-electron chi connectivity index (χ2n) is 6.01. The van der Waals surface area contributed by atoms with Gasteiger partial charge in [-0.2, -0.15) is 0 Å². The molecule has 1 heterocycles. The van der Waals surface area contributed by atoms with E-state index in [1.165, 1.54) is 0 Å². The second kappa shape index (κ2) is 8.60. The Morgan fingerprint density at radius 2 is 1.72 bits per heavy atom. The molecule has 0 aromatic heterocycles. The van der Waals surface area contributed by atoms with Crippen LogP contribution in [0.15, 0.2) is 67.3 Å². The normalized spacial score (nSPS) is 21.0. The summed E-state index contributed by atoms with van der Waals surface area (Å²) >= 11 is 0. The molecule has 1 aliphatic heterocycles. The smallest absolute Gasteiger partial charge is 0.336 e. The van der Waals surface area contributed by atoms with E-state index < -0.39 is 6.10 Å². The van der Waals surface area contributed by atoms with Crippen LogP contribution in [0.3, 0.4) is 0 Å². The van der Waals surface area contributed by atoms with Gasteiger partial charge in [0.15, 0.2) is 6.10 Å². The lowest BCUT2D eigenvalue weighted by Gasteiger charge is -2.25. The van der Waals surface area contributed by atoms with Crippen LogP contribution >= 0.6 is 0 Å². The number of hydrogen-bond acceptors (Lipinski definition) is 4. The molecule has 0 saturated heterocycles. The number of fused-ring (bicyclic) bond motifs is 1. The number of hydrogen-bond donors (Lipinski definition) is 0. The first kappa shape index (κ1) is 17.4. The molecule has 0 bridgehead atoms. The van der Waals surface area contributed by atoms with Gasteiger partial charge in [0.1, 0.15) is 6.61 Å². The van der Waals surface area contributed by atoms with Crippen LogP contribution in [0.1, 0.15) is 16.7 Å². The topological polar surface area (TPSA) is 44.8 Å². The molecule has 0 amide bonds. The monoisotopic (exact) mass is 338 g/mol. The van der Waals surface area contributed by atoms with Gasteiger partial charge >= 0.3 is 5.97 Å². The van der Waals surface area contributed by atoms with E-state index >= 15 is 0 Å². The molecule has 130 valence electrons. The minimum atomic E-state index is -0.733. The summed E-state index contributed by atoms with van der Waals surface area (Å²) in [7, 11) is 0. The van der Waals surface area contributed by atoms with Gasteiger partial charge < -0.3 is 14.2 Å².